The van der Waals surface area contributed by atoms with E-state index in [1.54, 1.807) is 0 Å². The molecular formula is C43H44Cl6Zr-2. The van der Waals surface area contributed by atoms with Gasteiger partial charge in [-0.2, -0.15) is 18.2 Å². The van der Waals surface area contributed by atoms with Crippen molar-refractivity contribution in [3.05, 3.63) is 154 Å². The second kappa shape index (κ2) is 18.6. The van der Waals surface area contributed by atoms with E-state index in [9.17, 15) is 0 Å². The van der Waals surface area contributed by atoms with E-state index in [0.29, 0.717) is 23.5 Å². The fourth-order valence-corrected chi connectivity index (χ4v) is 10.8. The van der Waals surface area contributed by atoms with Gasteiger partial charge in [0.2, 0.25) is 0 Å². The molecule has 0 unspecified atom stereocenters. The zero-order chi connectivity index (χ0) is 36.6. The molecule has 50 heavy (non-hydrogen) atoms. The molecule has 0 heterocycles. The van der Waals surface area contributed by atoms with Crippen molar-refractivity contribution in [1.29, 1.82) is 0 Å². The van der Waals surface area contributed by atoms with Crippen LogP contribution in [0, 0.1) is 0 Å². The van der Waals surface area contributed by atoms with Crippen LogP contribution in [0.5, 0.6) is 0 Å². The fourth-order valence-electron chi connectivity index (χ4n) is 5.78. The van der Waals surface area contributed by atoms with Crippen LogP contribution >= 0.6 is 63.4 Å². The van der Waals surface area contributed by atoms with Crippen molar-refractivity contribution in [3.63, 3.8) is 0 Å². The monoisotopic (exact) mass is 860 g/mol. The number of benzene rings is 4. The van der Waals surface area contributed by atoms with Crippen molar-refractivity contribution >= 4 is 88.2 Å². The van der Waals surface area contributed by atoms with Gasteiger partial charge in [0, 0.05) is 0 Å². The summed E-state index contributed by atoms with van der Waals surface area (Å²) in [6, 6.07) is 38.3. The largest absolute Gasteiger partial charge is 0.214 e. The topological polar surface area (TPSA) is 0 Å². The Hall–Kier alpha value is -1.41. The number of hydrogen-bond donors (Lipinski definition) is 0. The second-order valence-corrected chi connectivity index (χ2v) is 23.7. The zero-order valence-electron chi connectivity index (χ0n) is 29.5. The van der Waals surface area contributed by atoms with Crippen LogP contribution in [0.4, 0.5) is 0 Å². The van der Waals surface area contributed by atoms with Gasteiger partial charge >= 0.3 is 179 Å². The van der Waals surface area contributed by atoms with Gasteiger partial charge in [-0.25, -0.2) is 12.1 Å². The SMILES string of the molecule is CC(C)(C)c1ccc2c(c1)[cH-]c1cc(C(C)(C)C)ccc12.ClCc1cc(CCl)cc([C](c2cc(CCl)cc(CCl)c2)=[Zr]([Cl])[Cl])c1.c1cc[cH-]c1. The second-order valence-electron chi connectivity index (χ2n) is 14.5. The summed E-state index contributed by atoms with van der Waals surface area (Å²) in [5.41, 5.74) is 9.14. The Balaban J connectivity index is 0.000000198. The summed E-state index contributed by atoms with van der Waals surface area (Å²) in [6.45, 7) is 13.6. The van der Waals surface area contributed by atoms with E-state index in [-0.39, 0.29) is 10.8 Å². The van der Waals surface area contributed by atoms with E-state index in [2.05, 4.69) is 84.0 Å². The first-order valence-corrected chi connectivity index (χ1v) is 26.2. The van der Waals surface area contributed by atoms with Gasteiger partial charge in [0.05, 0.1) is 0 Å². The molecule has 6 rings (SSSR count). The molecular weight excluding hydrogens is 820 g/mol. The number of rotatable bonds is 6. The summed E-state index contributed by atoms with van der Waals surface area (Å²) in [4.78, 5) is 0. The third kappa shape index (κ3) is 11.1. The zero-order valence-corrected chi connectivity index (χ0v) is 36.5. The molecule has 6 aromatic rings. The van der Waals surface area contributed by atoms with Crippen molar-refractivity contribution in [2.24, 2.45) is 0 Å². The van der Waals surface area contributed by atoms with Crippen molar-refractivity contribution in [3.8, 4) is 0 Å². The van der Waals surface area contributed by atoms with E-state index in [1.807, 2.05) is 66.7 Å². The molecule has 0 radical (unpaired) electrons. The van der Waals surface area contributed by atoms with Crippen LogP contribution in [0.2, 0.25) is 0 Å². The molecule has 0 aliphatic rings. The van der Waals surface area contributed by atoms with Crippen molar-refractivity contribution in [2.45, 2.75) is 75.9 Å². The van der Waals surface area contributed by atoms with Gasteiger partial charge in [-0.1, -0.05) is 76.9 Å². The molecule has 0 fully saturated rings. The minimum Gasteiger partial charge on any atom is -0.214 e. The summed E-state index contributed by atoms with van der Waals surface area (Å²) in [5.74, 6) is 1.62. The first kappa shape index (κ1) is 41.4. The van der Waals surface area contributed by atoms with Crippen LogP contribution in [0.15, 0.2) is 109 Å². The quantitative estimate of drug-likeness (QED) is 0.116. The van der Waals surface area contributed by atoms with Crippen molar-refractivity contribution in [2.75, 3.05) is 0 Å². The van der Waals surface area contributed by atoms with Crippen LogP contribution in [-0.2, 0) is 53.2 Å². The molecule has 6 aromatic carbocycles. The standard InChI is InChI=1S/C21H25.C17H14Cl4.C5H5.2ClH.Zr/c1-20(2,3)16-7-9-18-14(12-16)11-15-13-17(21(4,5)6)8-10-19(15)18;18-8-14-2-12(3-15(6-14)9-19)1-13-4-16(10-20)7-17(5-13)11-21;1-2-4-5-3-1;;;/h7-13H,1-6H3;2-7H,8-11H2;1-5H;2*1H;/q-1;;-1;;;+2/p-2. The molecule has 0 atom stereocenters. The van der Waals surface area contributed by atoms with Crippen LogP contribution in [-0.4, -0.2) is 3.21 Å². The van der Waals surface area contributed by atoms with E-state index in [0.717, 1.165) is 36.6 Å². The van der Waals surface area contributed by atoms with Crippen LogP contribution in [0.25, 0.3) is 21.5 Å². The summed E-state index contributed by atoms with van der Waals surface area (Å²) in [7, 11) is 13.0. The first-order chi connectivity index (χ1) is 23.7. The van der Waals surface area contributed by atoms with Crippen LogP contribution in [0.1, 0.15) is 86.1 Å². The van der Waals surface area contributed by atoms with Crippen molar-refractivity contribution in [1.82, 2.24) is 0 Å². The molecule has 0 amide bonds. The molecule has 0 saturated heterocycles. The van der Waals surface area contributed by atoms with Gasteiger partial charge in [0.1, 0.15) is 0 Å². The summed E-state index contributed by atoms with van der Waals surface area (Å²) in [5, 5.41) is 5.48. The van der Waals surface area contributed by atoms with Crippen LogP contribution < -0.4 is 0 Å². The maximum absolute atomic E-state index is 6.49. The van der Waals surface area contributed by atoms with E-state index < -0.39 is 18.9 Å². The van der Waals surface area contributed by atoms with Gasteiger partial charge in [-0.3, -0.25) is 0 Å². The average molecular weight is 865 g/mol. The van der Waals surface area contributed by atoms with Gasteiger partial charge in [-0.15, -0.1) is 39.7 Å². The maximum atomic E-state index is 6.49. The minimum absolute atomic E-state index is 0.203. The van der Waals surface area contributed by atoms with Gasteiger partial charge in [0.15, 0.2) is 0 Å². The molecule has 0 nitrogen and oxygen atoms in total. The van der Waals surface area contributed by atoms with Gasteiger partial charge in [-0.05, 0) is 10.8 Å². The molecule has 0 N–H and O–H groups in total. The fraction of sp³-hybridized carbons (Fsp3) is 0.279. The summed E-state index contributed by atoms with van der Waals surface area (Å²) >= 11 is 21.3. The van der Waals surface area contributed by atoms with E-state index in [4.69, 9.17) is 63.4 Å². The average Bonchev–Trinajstić information content (AvgIpc) is 3.79. The number of alkyl halides is 4. The third-order valence-electron chi connectivity index (χ3n) is 8.48. The van der Waals surface area contributed by atoms with E-state index in [1.165, 1.54) is 32.7 Å². The number of halogens is 6. The molecule has 0 aromatic heterocycles. The van der Waals surface area contributed by atoms with Crippen LogP contribution in [0.3, 0.4) is 0 Å². The Morgan fingerprint density at radius 3 is 1.16 bits per heavy atom. The Kier molecular flexibility index (Phi) is 15.4. The molecule has 0 spiro atoms. The predicted molar refractivity (Wildman–Crippen MR) is 223 cm³/mol. The molecule has 7 heteroatoms. The van der Waals surface area contributed by atoms with E-state index >= 15 is 0 Å². The Morgan fingerprint density at radius 1 is 0.540 bits per heavy atom. The molecule has 0 saturated carbocycles. The predicted octanol–water partition coefficient (Wildman–Crippen LogP) is 14.8. The maximum Gasteiger partial charge on any atom is -0.172 e. The first-order valence-electron chi connectivity index (χ1n) is 16.5. The smallest absolute Gasteiger partial charge is 0.172 e. The summed E-state index contributed by atoms with van der Waals surface area (Å²) in [6.07, 6.45) is 0. The Bertz CT molecular complexity index is 1850. The Morgan fingerprint density at radius 2 is 0.900 bits per heavy atom. The van der Waals surface area contributed by atoms with Gasteiger partial charge in [0.25, 0.3) is 0 Å². The minimum atomic E-state index is -2.78. The number of hydrogen-bond acceptors (Lipinski definition) is 0. The third-order valence-corrected chi connectivity index (χ3v) is 14.3. The summed E-state index contributed by atoms with van der Waals surface area (Å²) < 4.78 is 0.984. The normalized spacial score (nSPS) is 11.5. The number of fused-ring (bicyclic) bond motifs is 3. The van der Waals surface area contributed by atoms with Crippen molar-refractivity contribution < 1.29 is 18.9 Å². The van der Waals surface area contributed by atoms with Gasteiger partial charge < -0.3 is 0 Å². The Labute approximate surface area is 333 Å². The molecule has 0 aliphatic carbocycles. The molecule has 264 valence electrons. The molecule has 0 bridgehead atoms. The molecule has 0 aliphatic heterocycles.